The summed E-state index contributed by atoms with van der Waals surface area (Å²) in [5.41, 5.74) is 6.34. The van der Waals surface area contributed by atoms with E-state index in [-0.39, 0.29) is 6.61 Å². The zero-order chi connectivity index (χ0) is 11.3. The van der Waals surface area contributed by atoms with Gasteiger partial charge in [-0.2, -0.15) is 0 Å². The van der Waals surface area contributed by atoms with Crippen LogP contribution in [-0.2, 0) is 6.54 Å². The van der Waals surface area contributed by atoms with Crippen molar-refractivity contribution in [1.82, 2.24) is 0 Å². The number of rotatable bonds is 4. The molecule has 1 aromatic rings. The highest BCUT2D eigenvalue weighted by atomic mass is 35.5. The van der Waals surface area contributed by atoms with E-state index in [0.29, 0.717) is 23.1 Å². The van der Waals surface area contributed by atoms with Crippen molar-refractivity contribution in [2.45, 2.75) is 6.54 Å². The Bertz CT molecular complexity index is 360. The first-order chi connectivity index (χ1) is 7.22. The molecule has 0 spiro atoms. The lowest BCUT2D eigenvalue weighted by Gasteiger charge is -2.13. The Morgan fingerprint density at radius 2 is 2.27 bits per heavy atom. The molecular weight excluding hydrogens is 214 g/mol. The van der Waals surface area contributed by atoms with Gasteiger partial charge in [0, 0.05) is 23.2 Å². The van der Waals surface area contributed by atoms with Crippen LogP contribution in [0, 0.1) is 12.3 Å². The molecule has 0 saturated heterocycles. The van der Waals surface area contributed by atoms with Gasteiger partial charge in [0.2, 0.25) is 0 Å². The van der Waals surface area contributed by atoms with Crippen LogP contribution >= 0.6 is 11.6 Å². The highest BCUT2D eigenvalue weighted by Gasteiger charge is 2.11. The molecule has 0 aromatic heterocycles. The SMILES string of the molecule is C#CCOc1c(CN)cc(Cl)cc1OC. The van der Waals surface area contributed by atoms with E-state index in [1.54, 1.807) is 12.1 Å². The predicted octanol–water partition coefficient (Wildman–Crippen LogP) is 1.82. The van der Waals surface area contributed by atoms with E-state index in [2.05, 4.69) is 5.92 Å². The fourth-order valence-electron chi connectivity index (χ4n) is 1.20. The summed E-state index contributed by atoms with van der Waals surface area (Å²) >= 11 is 5.88. The monoisotopic (exact) mass is 225 g/mol. The minimum Gasteiger partial charge on any atom is -0.493 e. The van der Waals surface area contributed by atoms with Crippen molar-refractivity contribution < 1.29 is 9.47 Å². The van der Waals surface area contributed by atoms with Gasteiger partial charge in [0.25, 0.3) is 0 Å². The van der Waals surface area contributed by atoms with Gasteiger partial charge >= 0.3 is 0 Å². The quantitative estimate of drug-likeness (QED) is 0.795. The average Bonchev–Trinajstić information content (AvgIpc) is 2.26. The number of hydrogen-bond acceptors (Lipinski definition) is 3. The summed E-state index contributed by atoms with van der Waals surface area (Å²) in [4.78, 5) is 0. The summed E-state index contributed by atoms with van der Waals surface area (Å²) in [6.45, 7) is 0.488. The number of hydrogen-bond donors (Lipinski definition) is 1. The fraction of sp³-hybridized carbons (Fsp3) is 0.273. The molecule has 0 atom stereocenters. The van der Waals surface area contributed by atoms with Crippen molar-refractivity contribution in [2.75, 3.05) is 13.7 Å². The zero-order valence-corrected chi connectivity index (χ0v) is 9.17. The van der Waals surface area contributed by atoms with Crippen molar-refractivity contribution in [2.24, 2.45) is 5.73 Å². The van der Waals surface area contributed by atoms with Gasteiger partial charge in [-0.25, -0.2) is 0 Å². The molecule has 0 aliphatic rings. The van der Waals surface area contributed by atoms with E-state index in [9.17, 15) is 0 Å². The second-order valence-electron chi connectivity index (χ2n) is 2.79. The van der Waals surface area contributed by atoms with Gasteiger partial charge in [-0.15, -0.1) is 6.42 Å². The van der Waals surface area contributed by atoms with E-state index in [1.807, 2.05) is 0 Å². The average molecular weight is 226 g/mol. The number of methoxy groups -OCH3 is 1. The molecule has 3 nitrogen and oxygen atoms in total. The largest absolute Gasteiger partial charge is 0.493 e. The third-order valence-electron chi connectivity index (χ3n) is 1.84. The molecule has 0 aliphatic carbocycles. The molecule has 0 fully saturated rings. The molecule has 80 valence electrons. The molecule has 0 bridgehead atoms. The maximum Gasteiger partial charge on any atom is 0.167 e. The van der Waals surface area contributed by atoms with Gasteiger partial charge < -0.3 is 15.2 Å². The summed E-state index contributed by atoms with van der Waals surface area (Å²) < 4.78 is 10.5. The number of terminal acetylenes is 1. The number of benzene rings is 1. The van der Waals surface area contributed by atoms with E-state index >= 15 is 0 Å². The lowest BCUT2D eigenvalue weighted by molar-refractivity contribution is 0.327. The molecule has 4 heteroatoms. The normalized spacial score (nSPS) is 9.47. The maximum absolute atomic E-state index is 5.88. The topological polar surface area (TPSA) is 44.5 Å². The van der Waals surface area contributed by atoms with E-state index in [0.717, 1.165) is 5.56 Å². The van der Waals surface area contributed by atoms with Crippen molar-refractivity contribution in [3.63, 3.8) is 0 Å². The predicted molar refractivity (Wildman–Crippen MR) is 60.2 cm³/mol. The highest BCUT2D eigenvalue weighted by molar-refractivity contribution is 6.30. The first-order valence-corrected chi connectivity index (χ1v) is 4.73. The van der Waals surface area contributed by atoms with Crippen LogP contribution in [0.4, 0.5) is 0 Å². The molecule has 0 saturated carbocycles. The van der Waals surface area contributed by atoms with Crippen LogP contribution in [0.1, 0.15) is 5.56 Å². The Morgan fingerprint density at radius 3 is 2.80 bits per heavy atom. The van der Waals surface area contributed by atoms with E-state index < -0.39 is 0 Å². The van der Waals surface area contributed by atoms with Crippen LogP contribution in [-0.4, -0.2) is 13.7 Å². The molecular formula is C11H12ClNO2. The lowest BCUT2D eigenvalue weighted by atomic mass is 10.2. The van der Waals surface area contributed by atoms with Crippen LogP contribution in [0.15, 0.2) is 12.1 Å². The molecule has 2 N–H and O–H groups in total. The third kappa shape index (κ3) is 2.79. The van der Waals surface area contributed by atoms with Crippen LogP contribution in [0.2, 0.25) is 5.02 Å². The maximum atomic E-state index is 5.88. The Balaban J connectivity index is 3.13. The number of nitrogens with two attached hydrogens (primary N) is 1. The minimum absolute atomic E-state index is 0.172. The van der Waals surface area contributed by atoms with Crippen molar-refractivity contribution in [1.29, 1.82) is 0 Å². The fourth-order valence-corrected chi connectivity index (χ4v) is 1.43. The minimum atomic E-state index is 0.172. The second kappa shape index (κ2) is 5.50. The molecule has 0 aliphatic heterocycles. The smallest absolute Gasteiger partial charge is 0.167 e. The van der Waals surface area contributed by atoms with Gasteiger partial charge in [0.1, 0.15) is 6.61 Å². The molecule has 15 heavy (non-hydrogen) atoms. The third-order valence-corrected chi connectivity index (χ3v) is 2.05. The summed E-state index contributed by atoms with van der Waals surface area (Å²) in [7, 11) is 1.54. The Hall–Kier alpha value is -1.37. The van der Waals surface area contributed by atoms with Crippen molar-refractivity contribution in [3.05, 3.63) is 22.7 Å². The summed E-state index contributed by atoms with van der Waals surface area (Å²) in [6, 6.07) is 3.39. The van der Waals surface area contributed by atoms with Gasteiger partial charge in [-0.1, -0.05) is 17.5 Å². The Labute approximate surface area is 94.1 Å². The Morgan fingerprint density at radius 1 is 1.53 bits per heavy atom. The molecule has 0 radical (unpaired) electrons. The van der Waals surface area contributed by atoms with Crippen LogP contribution in [0.25, 0.3) is 0 Å². The standard InChI is InChI=1S/C11H12ClNO2/c1-3-4-15-11-8(7-13)5-9(12)6-10(11)14-2/h1,5-6H,4,7,13H2,2H3. The van der Waals surface area contributed by atoms with Crippen LogP contribution < -0.4 is 15.2 Å². The van der Waals surface area contributed by atoms with Crippen molar-refractivity contribution >= 4 is 11.6 Å². The molecule has 1 rings (SSSR count). The van der Waals surface area contributed by atoms with Crippen LogP contribution in [0.3, 0.4) is 0 Å². The lowest BCUT2D eigenvalue weighted by Crippen LogP contribution is -2.04. The Kier molecular flexibility index (Phi) is 4.29. The molecule has 1 aromatic carbocycles. The van der Waals surface area contributed by atoms with Crippen molar-refractivity contribution in [3.8, 4) is 23.8 Å². The molecule has 0 heterocycles. The van der Waals surface area contributed by atoms with Gasteiger partial charge in [-0.3, -0.25) is 0 Å². The highest BCUT2D eigenvalue weighted by Crippen LogP contribution is 2.34. The molecule has 0 unspecified atom stereocenters. The first-order valence-electron chi connectivity index (χ1n) is 4.35. The number of ether oxygens (including phenoxy) is 2. The first kappa shape index (κ1) is 11.7. The van der Waals surface area contributed by atoms with Gasteiger partial charge in [0.15, 0.2) is 11.5 Å². The zero-order valence-electron chi connectivity index (χ0n) is 8.42. The second-order valence-corrected chi connectivity index (χ2v) is 3.23. The number of halogens is 1. The summed E-state index contributed by atoms with van der Waals surface area (Å²) in [6.07, 6.45) is 5.12. The van der Waals surface area contributed by atoms with Gasteiger partial charge in [0.05, 0.1) is 7.11 Å². The van der Waals surface area contributed by atoms with Gasteiger partial charge in [-0.05, 0) is 6.07 Å². The summed E-state index contributed by atoms with van der Waals surface area (Å²) in [5.74, 6) is 3.48. The van der Waals surface area contributed by atoms with E-state index in [4.69, 9.17) is 33.2 Å². The van der Waals surface area contributed by atoms with E-state index in [1.165, 1.54) is 7.11 Å². The summed E-state index contributed by atoms with van der Waals surface area (Å²) in [5, 5.41) is 0.556. The van der Waals surface area contributed by atoms with Crippen LogP contribution in [0.5, 0.6) is 11.5 Å². The molecule has 0 amide bonds.